The van der Waals surface area contributed by atoms with Crippen molar-refractivity contribution in [1.29, 1.82) is 0 Å². The van der Waals surface area contributed by atoms with Crippen molar-refractivity contribution in [1.82, 2.24) is 0 Å². The van der Waals surface area contributed by atoms with Crippen molar-refractivity contribution >= 4 is 23.4 Å². The fraction of sp³-hybridized carbons (Fsp3) is 0.150. The van der Waals surface area contributed by atoms with E-state index in [1.165, 1.54) is 13.2 Å². The number of benzene rings is 2. The van der Waals surface area contributed by atoms with Crippen molar-refractivity contribution in [2.75, 3.05) is 7.11 Å². The molecule has 4 nitrogen and oxygen atoms in total. The van der Waals surface area contributed by atoms with Gasteiger partial charge in [0, 0.05) is 0 Å². The number of hydrogen-bond donors (Lipinski definition) is 0. The van der Waals surface area contributed by atoms with Crippen molar-refractivity contribution < 1.29 is 19.1 Å². The highest BCUT2D eigenvalue weighted by molar-refractivity contribution is 6.53. The number of Topliss-reactive ketones (excluding diaryl/α,β-unsaturated/α-hetero) is 3. The van der Waals surface area contributed by atoms with Gasteiger partial charge in [-0.05, 0) is 23.3 Å². The first kappa shape index (κ1) is 15.9. The van der Waals surface area contributed by atoms with Gasteiger partial charge in [-0.2, -0.15) is 0 Å². The SMILES string of the molecule is COc1ccc(C2C(=O)C(=O)C(C=Cc3ccccc3)C2=O)cc1. The van der Waals surface area contributed by atoms with Crippen LogP contribution < -0.4 is 4.74 Å². The third-order valence-electron chi connectivity index (χ3n) is 4.11. The second-order valence-corrected chi connectivity index (χ2v) is 5.58. The lowest BCUT2D eigenvalue weighted by Crippen LogP contribution is -2.14. The minimum absolute atomic E-state index is 0.373. The summed E-state index contributed by atoms with van der Waals surface area (Å²) in [6, 6.07) is 16.0. The van der Waals surface area contributed by atoms with E-state index in [9.17, 15) is 14.4 Å². The molecule has 3 rings (SSSR count). The Morgan fingerprint density at radius 1 is 0.875 bits per heavy atom. The summed E-state index contributed by atoms with van der Waals surface area (Å²) in [7, 11) is 1.54. The van der Waals surface area contributed by atoms with Gasteiger partial charge >= 0.3 is 0 Å². The van der Waals surface area contributed by atoms with Crippen LogP contribution in [-0.4, -0.2) is 24.5 Å². The maximum atomic E-state index is 12.6. The highest BCUT2D eigenvalue weighted by atomic mass is 16.5. The lowest BCUT2D eigenvalue weighted by molar-refractivity contribution is -0.135. The summed E-state index contributed by atoms with van der Waals surface area (Å²) >= 11 is 0. The van der Waals surface area contributed by atoms with Gasteiger partial charge in [-0.3, -0.25) is 14.4 Å². The molecule has 0 amide bonds. The number of methoxy groups -OCH3 is 1. The Kier molecular flexibility index (Phi) is 4.38. The third-order valence-corrected chi connectivity index (χ3v) is 4.11. The molecule has 1 aliphatic carbocycles. The minimum atomic E-state index is -1.02. The Bertz CT molecular complexity index is 803. The van der Waals surface area contributed by atoms with Gasteiger partial charge in [0.1, 0.15) is 17.6 Å². The second-order valence-electron chi connectivity index (χ2n) is 5.58. The topological polar surface area (TPSA) is 60.4 Å². The van der Waals surface area contributed by atoms with Crippen LogP contribution in [0.2, 0.25) is 0 Å². The van der Waals surface area contributed by atoms with Gasteiger partial charge in [0.25, 0.3) is 0 Å². The quantitative estimate of drug-likeness (QED) is 0.642. The summed E-state index contributed by atoms with van der Waals surface area (Å²) in [5.74, 6) is -3.06. The summed E-state index contributed by atoms with van der Waals surface area (Å²) in [6.07, 6.45) is 3.21. The maximum absolute atomic E-state index is 12.6. The first-order valence-electron chi connectivity index (χ1n) is 7.61. The van der Waals surface area contributed by atoms with E-state index < -0.39 is 23.4 Å². The molecule has 0 aliphatic heterocycles. The fourth-order valence-corrected chi connectivity index (χ4v) is 2.80. The van der Waals surface area contributed by atoms with Gasteiger partial charge < -0.3 is 4.74 Å². The van der Waals surface area contributed by atoms with E-state index in [4.69, 9.17) is 4.74 Å². The highest BCUT2D eigenvalue weighted by Gasteiger charge is 2.47. The summed E-state index contributed by atoms with van der Waals surface area (Å²) in [6.45, 7) is 0. The standard InChI is InChI=1S/C20H16O4/c1-24-15-10-8-14(9-11-15)17-18(21)16(19(22)20(17)23)12-7-13-5-3-2-4-6-13/h2-12,16-17H,1H3. The van der Waals surface area contributed by atoms with Crippen molar-refractivity contribution in [3.05, 3.63) is 71.8 Å². The molecule has 2 aromatic rings. The Labute approximate surface area is 139 Å². The molecule has 0 N–H and O–H groups in total. The van der Waals surface area contributed by atoms with Crippen molar-refractivity contribution in [3.8, 4) is 5.75 Å². The number of rotatable bonds is 4. The van der Waals surface area contributed by atoms with E-state index in [1.807, 2.05) is 30.3 Å². The summed E-state index contributed by atoms with van der Waals surface area (Å²) < 4.78 is 5.07. The third kappa shape index (κ3) is 2.91. The van der Waals surface area contributed by atoms with E-state index in [0.29, 0.717) is 11.3 Å². The molecule has 0 bridgehead atoms. The molecule has 1 fully saturated rings. The highest BCUT2D eigenvalue weighted by Crippen LogP contribution is 2.32. The Hall–Kier alpha value is -3.01. The van der Waals surface area contributed by atoms with Crippen LogP contribution in [0.1, 0.15) is 17.0 Å². The monoisotopic (exact) mass is 320 g/mol. The molecule has 2 aromatic carbocycles. The summed E-state index contributed by atoms with van der Waals surface area (Å²) in [5.41, 5.74) is 1.40. The Morgan fingerprint density at radius 3 is 2.17 bits per heavy atom. The average Bonchev–Trinajstić information content (AvgIpc) is 2.83. The Balaban J connectivity index is 1.86. The van der Waals surface area contributed by atoms with Crippen LogP contribution in [0.3, 0.4) is 0 Å². The molecule has 0 radical (unpaired) electrons. The van der Waals surface area contributed by atoms with E-state index in [-0.39, 0.29) is 5.78 Å². The van der Waals surface area contributed by atoms with Gasteiger partial charge in [-0.25, -0.2) is 0 Å². The van der Waals surface area contributed by atoms with E-state index in [0.717, 1.165) is 5.56 Å². The van der Waals surface area contributed by atoms with Gasteiger partial charge in [0.2, 0.25) is 11.6 Å². The zero-order valence-electron chi connectivity index (χ0n) is 13.1. The normalized spacial score (nSPS) is 20.8. The summed E-state index contributed by atoms with van der Waals surface area (Å²) in [4.78, 5) is 37.0. The van der Waals surface area contributed by atoms with Crippen LogP contribution in [0.4, 0.5) is 0 Å². The van der Waals surface area contributed by atoms with Gasteiger partial charge in [-0.15, -0.1) is 0 Å². The number of carbonyl (C=O) groups is 3. The second kappa shape index (κ2) is 6.62. The largest absolute Gasteiger partial charge is 0.497 e. The molecular formula is C20H16O4. The molecule has 2 atom stereocenters. The maximum Gasteiger partial charge on any atom is 0.214 e. The van der Waals surface area contributed by atoms with E-state index in [2.05, 4.69) is 0 Å². The molecule has 0 spiro atoms. The van der Waals surface area contributed by atoms with Crippen LogP contribution in [0.5, 0.6) is 5.75 Å². The van der Waals surface area contributed by atoms with E-state index >= 15 is 0 Å². The van der Waals surface area contributed by atoms with Crippen molar-refractivity contribution in [2.45, 2.75) is 5.92 Å². The first-order chi connectivity index (χ1) is 11.6. The molecule has 0 aromatic heterocycles. The molecule has 0 heterocycles. The van der Waals surface area contributed by atoms with Crippen LogP contribution in [0.25, 0.3) is 6.08 Å². The van der Waals surface area contributed by atoms with Crippen LogP contribution >= 0.6 is 0 Å². The molecule has 0 saturated heterocycles. The lowest BCUT2D eigenvalue weighted by Gasteiger charge is -2.08. The zero-order valence-corrected chi connectivity index (χ0v) is 13.1. The van der Waals surface area contributed by atoms with Crippen molar-refractivity contribution in [2.24, 2.45) is 5.92 Å². The molecule has 2 unspecified atom stereocenters. The predicted octanol–water partition coefficient (Wildman–Crippen LogP) is 2.83. The zero-order chi connectivity index (χ0) is 17.1. The smallest absolute Gasteiger partial charge is 0.214 e. The first-order valence-corrected chi connectivity index (χ1v) is 7.61. The number of ketones is 3. The molecule has 1 saturated carbocycles. The molecule has 4 heteroatoms. The van der Waals surface area contributed by atoms with Crippen LogP contribution in [0, 0.1) is 5.92 Å². The molecule has 120 valence electrons. The molecule has 1 aliphatic rings. The van der Waals surface area contributed by atoms with Gasteiger partial charge in [-0.1, -0.05) is 54.6 Å². The lowest BCUT2D eigenvalue weighted by atomic mass is 9.94. The number of carbonyl (C=O) groups excluding carboxylic acids is 3. The van der Waals surface area contributed by atoms with Crippen LogP contribution in [-0.2, 0) is 14.4 Å². The molecule has 24 heavy (non-hydrogen) atoms. The summed E-state index contributed by atoms with van der Waals surface area (Å²) in [5, 5.41) is 0. The molecular weight excluding hydrogens is 304 g/mol. The van der Waals surface area contributed by atoms with Gasteiger partial charge in [0.05, 0.1) is 7.11 Å². The van der Waals surface area contributed by atoms with Gasteiger partial charge in [0.15, 0.2) is 5.78 Å². The number of hydrogen-bond acceptors (Lipinski definition) is 4. The van der Waals surface area contributed by atoms with Crippen molar-refractivity contribution in [3.63, 3.8) is 0 Å². The Morgan fingerprint density at radius 2 is 1.54 bits per heavy atom. The fourth-order valence-electron chi connectivity index (χ4n) is 2.80. The predicted molar refractivity (Wildman–Crippen MR) is 89.7 cm³/mol. The minimum Gasteiger partial charge on any atom is -0.497 e. The van der Waals surface area contributed by atoms with E-state index in [1.54, 1.807) is 30.3 Å². The number of ether oxygens (including phenoxy) is 1. The average molecular weight is 320 g/mol. The number of allylic oxidation sites excluding steroid dienone is 1. The van der Waals surface area contributed by atoms with Crippen LogP contribution in [0.15, 0.2) is 60.7 Å².